The molecule has 0 spiro atoms. The summed E-state index contributed by atoms with van der Waals surface area (Å²) in [5, 5.41) is 68.5. The van der Waals surface area contributed by atoms with E-state index in [9.17, 15) is 35.1 Å². The molecule has 5 aliphatic heterocycles. The zero-order valence-electron chi connectivity index (χ0n) is 49.5. The number of carbonyl (C=O) groups is 2. The lowest BCUT2D eigenvalue weighted by atomic mass is 9.77. The number of aliphatic hydroxyl groups is 5. The summed E-state index contributed by atoms with van der Waals surface area (Å²) in [6, 6.07) is 3.79. The Kier molecular flexibility index (Phi) is 21.5. The number of methoxy groups -OCH3 is 1. The predicted octanol–water partition coefficient (Wildman–Crippen LogP) is 3.89. The Bertz CT molecular complexity index is 2330. The molecule has 1 amide bonds. The smallest absolute Gasteiger partial charge is 0.414 e. The van der Waals surface area contributed by atoms with Gasteiger partial charge in [-0.2, -0.15) is 0 Å². The van der Waals surface area contributed by atoms with Crippen molar-refractivity contribution >= 4 is 23.4 Å². The van der Waals surface area contributed by atoms with Crippen LogP contribution in [0.2, 0.25) is 0 Å². The Morgan fingerprint density at radius 2 is 1.64 bits per heavy atom. The van der Waals surface area contributed by atoms with Crippen LogP contribution in [0.15, 0.2) is 24.4 Å². The van der Waals surface area contributed by atoms with E-state index in [1.165, 1.54) is 25.0 Å². The summed E-state index contributed by atoms with van der Waals surface area (Å²) >= 11 is 0. The summed E-state index contributed by atoms with van der Waals surface area (Å²) in [5.41, 5.74) is -2.90. The number of morpholine rings is 1. The molecule has 22 nitrogen and oxygen atoms in total. The largest absolute Gasteiger partial charge is 0.459 e. The van der Waals surface area contributed by atoms with Crippen molar-refractivity contribution in [2.24, 2.45) is 17.8 Å². The first-order valence-electron chi connectivity index (χ1n) is 28.9. The fraction of sp³-hybridized carbons (Fsp3) is 0.825. The van der Waals surface area contributed by atoms with E-state index in [4.69, 9.17) is 37.9 Å². The van der Waals surface area contributed by atoms with E-state index in [0.29, 0.717) is 63.6 Å². The number of likely N-dealkylation sites (N-methyl/N-ethyl adjacent to an activating group) is 2. The number of aliphatic hydroxyl groups excluding tert-OH is 3. The van der Waals surface area contributed by atoms with E-state index >= 15 is 4.39 Å². The zero-order valence-corrected chi connectivity index (χ0v) is 49.5. The molecule has 80 heavy (non-hydrogen) atoms. The van der Waals surface area contributed by atoms with Gasteiger partial charge in [-0.25, -0.2) is 13.9 Å². The molecule has 5 N–H and O–H groups in total. The van der Waals surface area contributed by atoms with Crippen molar-refractivity contribution < 1.29 is 77.4 Å². The van der Waals surface area contributed by atoms with E-state index < -0.39 is 120 Å². The summed E-state index contributed by atoms with van der Waals surface area (Å²) in [4.78, 5) is 34.8. The van der Waals surface area contributed by atoms with Gasteiger partial charge < -0.3 is 78.1 Å². The lowest BCUT2D eigenvalue weighted by Crippen LogP contribution is -2.60. The average molecular weight is 1140 g/mol. The van der Waals surface area contributed by atoms with Gasteiger partial charge in [0.15, 0.2) is 12.6 Å². The number of rotatable bonds is 16. The van der Waals surface area contributed by atoms with E-state index in [-0.39, 0.29) is 44.4 Å². The minimum Gasteiger partial charge on any atom is -0.459 e. The van der Waals surface area contributed by atoms with E-state index in [2.05, 4.69) is 15.2 Å². The second-order valence-corrected chi connectivity index (χ2v) is 24.4. The average Bonchev–Trinajstić information content (AvgIpc) is 4.03. The molecule has 5 saturated heterocycles. The highest BCUT2D eigenvalue weighted by molar-refractivity contribution is 5.90. The highest BCUT2D eigenvalue weighted by atomic mass is 19.1. The van der Waals surface area contributed by atoms with Crippen LogP contribution in [0.25, 0.3) is 0 Å². The van der Waals surface area contributed by atoms with Crippen molar-refractivity contribution in [3.05, 3.63) is 35.9 Å². The molecule has 1 aromatic carbocycles. The Hall–Kier alpha value is -3.69. The maximum atomic E-state index is 15.2. The number of esters is 1. The first-order valence-corrected chi connectivity index (χ1v) is 28.9. The van der Waals surface area contributed by atoms with Gasteiger partial charge in [0.05, 0.1) is 84.9 Å². The molecule has 0 saturated carbocycles. The van der Waals surface area contributed by atoms with Crippen LogP contribution >= 0.6 is 0 Å². The number of unbranched alkanes of at least 4 members (excludes halogenated alkanes) is 1. The fourth-order valence-corrected chi connectivity index (χ4v) is 12.8. The lowest BCUT2D eigenvalue weighted by molar-refractivity contribution is -0.318. The van der Waals surface area contributed by atoms with Crippen molar-refractivity contribution in [1.82, 2.24) is 24.8 Å². The summed E-state index contributed by atoms with van der Waals surface area (Å²) < 4.78 is 66.3. The number of anilines is 2. The molecule has 0 bridgehead atoms. The molecule has 19 atom stereocenters. The van der Waals surface area contributed by atoms with Crippen molar-refractivity contribution in [3.63, 3.8) is 0 Å². The van der Waals surface area contributed by atoms with Gasteiger partial charge in [-0.15, -0.1) is 5.10 Å². The van der Waals surface area contributed by atoms with Gasteiger partial charge in [-0.1, -0.05) is 26.0 Å². The van der Waals surface area contributed by atoms with E-state index in [1.54, 1.807) is 58.4 Å². The number of ether oxygens (including phenoxy) is 8. The van der Waals surface area contributed by atoms with Crippen LogP contribution in [0.5, 0.6) is 0 Å². The third kappa shape index (κ3) is 14.8. The first kappa shape index (κ1) is 63.9. The molecule has 454 valence electrons. The second kappa shape index (κ2) is 26.9. The Labute approximate surface area is 472 Å². The summed E-state index contributed by atoms with van der Waals surface area (Å²) in [5.74, 6) is -3.24. The van der Waals surface area contributed by atoms with Crippen LogP contribution in [0, 0.1) is 23.6 Å². The van der Waals surface area contributed by atoms with Crippen LogP contribution in [0.3, 0.4) is 0 Å². The minimum absolute atomic E-state index is 0.0910. The molecule has 2 aromatic rings. The van der Waals surface area contributed by atoms with Gasteiger partial charge in [-0.3, -0.25) is 9.69 Å². The molecule has 0 radical (unpaired) electrons. The number of amides is 1. The Balaban J connectivity index is 1.02. The van der Waals surface area contributed by atoms with Crippen molar-refractivity contribution in [2.75, 3.05) is 76.9 Å². The molecule has 0 aliphatic carbocycles. The maximum absolute atomic E-state index is 15.2. The number of hydrogen-bond donors (Lipinski definition) is 5. The molecular weight excluding hydrogens is 1040 g/mol. The SMILES string of the molecule is CC[C@H]1OC(=O)[C@H](C)[C@@H](O[C@H]2C[C@@](C)(OC)[C@@H](O)[C@H](C)O2)[C@H](C)[C@@H](O[C@@H]2O[C@H](C)C[C@H](N(C)CCCCc3cn(C[C@H]4CN(c5ccc(N6CCOCC6)c(F)c5)C(=O)O4)nn3)[C@H]2O)[C@](C)(O)C[C@@H](C)CN(C)[C@H](C)[C@@H](O)[C@]1(C)O. The molecule has 5 fully saturated rings. The summed E-state index contributed by atoms with van der Waals surface area (Å²) in [7, 11) is 5.28. The molecule has 7 rings (SSSR count). The van der Waals surface area contributed by atoms with Crippen molar-refractivity contribution in [2.45, 2.75) is 217 Å². The van der Waals surface area contributed by atoms with Gasteiger partial charge in [0.25, 0.3) is 0 Å². The molecule has 0 unspecified atom stereocenters. The van der Waals surface area contributed by atoms with Gasteiger partial charge in [0.1, 0.15) is 41.9 Å². The predicted molar refractivity (Wildman–Crippen MR) is 293 cm³/mol. The summed E-state index contributed by atoms with van der Waals surface area (Å²) in [6.45, 7) is 21.3. The van der Waals surface area contributed by atoms with Gasteiger partial charge >= 0.3 is 12.1 Å². The van der Waals surface area contributed by atoms with Crippen LogP contribution in [0.4, 0.5) is 20.6 Å². The third-order valence-corrected chi connectivity index (χ3v) is 17.7. The van der Waals surface area contributed by atoms with Crippen molar-refractivity contribution in [3.8, 4) is 0 Å². The first-order chi connectivity index (χ1) is 37.7. The highest BCUT2D eigenvalue weighted by Crippen LogP contribution is 2.41. The third-order valence-electron chi connectivity index (χ3n) is 17.7. The number of cyclic esters (lactones) is 2. The second-order valence-electron chi connectivity index (χ2n) is 24.4. The Morgan fingerprint density at radius 1 is 0.925 bits per heavy atom. The number of nitrogens with zero attached hydrogens (tertiary/aromatic N) is 7. The molecule has 5 aliphatic rings. The van der Waals surface area contributed by atoms with E-state index in [0.717, 1.165) is 18.5 Å². The van der Waals surface area contributed by atoms with Crippen LogP contribution < -0.4 is 9.80 Å². The molecule has 23 heteroatoms. The normalized spacial score (nSPS) is 39.5. The number of benzene rings is 1. The zero-order chi connectivity index (χ0) is 58.6. The number of halogens is 1. The standard InChI is InChI=1S/C57H94FN7O15/c1-14-45-57(10,72)49(67)37(6)62(12)29-33(2)27-55(8,71)51(35(4)48(36(5)52(69)78-45)79-46-28-56(9,73-13)50(68)38(7)76-46)80-53-47(66)44(25-34(3)75-53)61(11)20-16-15-17-39-30-64(60-59-39)31-41-32-65(54(70)77-41)40-18-19-43(42(58)26-40)63-21-23-74-24-22-63/h18-19,26,30,33-38,41,44-51,53,66-68,71-72H,14-17,20-25,27-29,31-32H2,1-13H3/t33-,34-,35+,36-,37-,38+,41+,44+,45-,46+,47-,48+,49-,50+,51-,53+,55-,56-,57-/m1/s1. The van der Waals surface area contributed by atoms with Gasteiger partial charge in [0, 0.05) is 57.4 Å². The number of carbonyl (C=O) groups excluding carboxylic acids is 2. The monoisotopic (exact) mass is 1140 g/mol. The van der Waals surface area contributed by atoms with Crippen LogP contribution in [-0.4, -0.2) is 226 Å². The van der Waals surface area contributed by atoms with Crippen LogP contribution in [0.1, 0.15) is 113 Å². The van der Waals surface area contributed by atoms with Gasteiger partial charge in [0.2, 0.25) is 0 Å². The Morgan fingerprint density at radius 3 is 2.31 bits per heavy atom. The topological polar surface area (TPSA) is 253 Å². The molecular formula is C57H94FN7O15. The fourth-order valence-electron chi connectivity index (χ4n) is 12.8. The highest BCUT2D eigenvalue weighted by Gasteiger charge is 2.53. The van der Waals surface area contributed by atoms with E-state index in [1.807, 2.05) is 50.9 Å². The van der Waals surface area contributed by atoms with Crippen LogP contribution in [-0.2, 0) is 55.7 Å². The maximum Gasteiger partial charge on any atom is 0.414 e. The number of aryl methyl sites for hydroxylation is 1. The lowest BCUT2D eigenvalue weighted by Gasteiger charge is -2.49. The number of hydrogen-bond acceptors (Lipinski definition) is 20. The van der Waals surface area contributed by atoms with Crippen molar-refractivity contribution in [1.29, 1.82) is 0 Å². The number of aromatic nitrogens is 3. The minimum atomic E-state index is -1.85. The quantitative estimate of drug-likeness (QED) is 0.118. The van der Waals surface area contributed by atoms with Gasteiger partial charge in [-0.05, 0) is 132 Å². The molecule has 6 heterocycles. The molecule has 1 aromatic heterocycles. The summed E-state index contributed by atoms with van der Waals surface area (Å²) in [6.07, 6.45) is -6.26.